The lowest BCUT2D eigenvalue weighted by molar-refractivity contribution is 0.480. The smallest absolute Gasteiger partial charge is 0.300 e. The molecule has 0 aliphatic heterocycles. The van der Waals surface area contributed by atoms with Gasteiger partial charge in [0, 0.05) is 6.21 Å². The number of aromatic hydroxyl groups is 1. The Hall–Kier alpha value is -2.24. The third-order valence-electron chi connectivity index (χ3n) is 2.86. The molecule has 3 aromatic rings. The van der Waals surface area contributed by atoms with E-state index in [1.165, 1.54) is 6.07 Å². The Morgan fingerprint density at radius 1 is 1.29 bits per heavy atom. The van der Waals surface area contributed by atoms with Crippen molar-refractivity contribution in [2.24, 2.45) is 0 Å². The Kier molecular flexibility index (Phi) is 3.45. The number of phenols is 1. The van der Waals surface area contributed by atoms with Crippen LogP contribution in [0.5, 0.6) is 5.75 Å². The van der Waals surface area contributed by atoms with E-state index in [2.05, 4.69) is 10.3 Å². The monoisotopic (exact) mass is 321 g/mol. The first-order valence-electron chi connectivity index (χ1n) is 5.93. The topological polar surface area (TPSA) is 82.1 Å². The Labute approximate surface area is 129 Å². The number of benzene rings is 2. The molecule has 0 unspecified atom stereocenters. The van der Waals surface area contributed by atoms with Crippen LogP contribution in [-0.2, 0) is 0 Å². The van der Waals surface area contributed by atoms with Gasteiger partial charge < -0.3 is 20.2 Å². The minimum Gasteiger partial charge on any atom is -0.506 e. The lowest BCUT2D eigenvalue weighted by Crippen LogP contribution is -1.91. The molecule has 0 spiro atoms. The van der Waals surface area contributed by atoms with Crippen LogP contribution in [-0.4, -0.2) is 16.3 Å². The summed E-state index contributed by atoms with van der Waals surface area (Å²) in [5.74, 6) is -0.0556. The van der Waals surface area contributed by atoms with Crippen LogP contribution in [0, 0.1) is 5.41 Å². The normalized spacial score (nSPS) is 10.8. The zero-order chi connectivity index (χ0) is 15.0. The zero-order valence-electron chi connectivity index (χ0n) is 10.5. The summed E-state index contributed by atoms with van der Waals surface area (Å²) < 4.78 is 5.50. The van der Waals surface area contributed by atoms with Crippen molar-refractivity contribution in [3.8, 4) is 5.75 Å². The van der Waals surface area contributed by atoms with Crippen LogP contribution in [0.1, 0.15) is 5.56 Å². The number of hydrogen-bond donors (Lipinski definition) is 3. The van der Waals surface area contributed by atoms with Gasteiger partial charge in [0.05, 0.1) is 15.7 Å². The molecule has 3 N–H and O–H groups in total. The molecule has 21 heavy (non-hydrogen) atoms. The number of rotatable bonds is 3. The van der Waals surface area contributed by atoms with Gasteiger partial charge in [0.15, 0.2) is 11.1 Å². The molecule has 7 heteroatoms. The van der Waals surface area contributed by atoms with Crippen molar-refractivity contribution in [3.05, 3.63) is 45.9 Å². The summed E-state index contributed by atoms with van der Waals surface area (Å²) >= 11 is 12.0. The molecule has 1 heterocycles. The molecule has 0 bridgehead atoms. The maximum Gasteiger partial charge on any atom is 0.300 e. The van der Waals surface area contributed by atoms with E-state index < -0.39 is 0 Å². The van der Waals surface area contributed by atoms with E-state index in [0.29, 0.717) is 32.4 Å². The Balaban J connectivity index is 2.03. The number of nitrogens with one attached hydrogen (secondary N) is 2. The van der Waals surface area contributed by atoms with E-state index in [1.807, 2.05) is 0 Å². The first kappa shape index (κ1) is 13.7. The van der Waals surface area contributed by atoms with Crippen LogP contribution in [0.3, 0.4) is 0 Å². The van der Waals surface area contributed by atoms with Crippen LogP contribution in [0.25, 0.3) is 11.1 Å². The number of phenolic OH excluding ortho intramolecular Hbond substituents is 1. The largest absolute Gasteiger partial charge is 0.506 e. The summed E-state index contributed by atoms with van der Waals surface area (Å²) in [7, 11) is 0. The molecular formula is C14H9Cl2N3O2. The van der Waals surface area contributed by atoms with E-state index in [9.17, 15) is 5.11 Å². The standard InChI is InChI=1S/C14H9Cl2N3O2/c15-8-2-1-3-9(12(8)16)18-14-19-13-10(20)4-7(6-17)5-11(13)21-14/h1-6,17,20H,(H,18,19). The maximum absolute atomic E-state index is 9.86. The number of halogens is 2. The van der Waals surface area contributed by atoms with E-state index in [-0.39, 0.29) is 11.8 Å². The third kappa shape index (κ3) is 2.53. The highest BCUT2D eigenvalue weighted by Gasteiger charge is 2.13. The van der Waals surface area contributed by atoms with Gasteiger partial charge in [-0.3, -0.25) is 0 Å². The average Bonchev–Trinajstić information content (AvgIpc) is 2.87. The van der Waals surface area contributed by atoms with Gasteiger partial charge >= 0.3 is 0 Å². The molecule has 0 atom stereocenters. The van der Waals surface area contributed by atoms with Crippen molar-refractivity contribution in [2.75, 3.05) is 5.32 Å². The molecule has 0 aliphatic carbocycles. The molecule has 0 fully saturated rings. The second-order valence-corrected chi connectivity index (χ2v) is 5.06. The van der Waals surface area contributed by atoms with Crippen molar-refractivity contribution in [3.63, 3.8) is 0 Å². The van der Waals surface area contributed by atoms with Crippen molar-refractivity contribution in [2.45, 2.75) is 0 Å². The van der Waals surface area contributed by atoms with E-state index in [4.69, 9.17) is 33.0 Å². The van der Waals surface area contributed by atoms with Crippen LogP contribution >= 0.6 is 23.2 Å². The van der Waals surface area contributed by atoms with Gasteiger partial charge in [-0.2, -0.15) is 4.98 Å². The molecule has 0 amide bonds. The predicted molar refractivity (Wildman–Crippen MR) is 83.3 cm³/mol. The van der Waals surface area contributed by atoms with Crippen LogP contribution in [0.15, 0.2) is 34.7 Å². The second kappa shape index (κ2) is 5.27. The van der Waals surface area contributed by atoms with Gasteiger partial charge in [-0.1, -0.05) is 29.3 Å². The van der Waals surface area contributed by atoms with E-state index in [1.54, 1.807) is 24.3 Å². The summed E-state index contributed by atoms with van der Waals surface area (Å²) in [6.07, 6.45) is 1.11. The van der Waals surface area contributed by atoms with Gasteiger partial charge in [0.1, 0.15) is 5.75 Å². The number of hydrogen-bond acceptors (Lipinski definition) is 5. The summed E-state index contributed by atoms with van der Waals surface area (Å²) in [4.78, 5) is 4.15. The Bertz CT molecular complexity index is 846. The van der Waals surface area contributed by atoms with Gasteiger partial charge in [-0.15, -0.1) is 0 Å². The quantitative estimate of drug-likeness (QED) is 0.616. The van der Waals surface area contributed by atoms with E-state index in [0.717, 1.165) is 6.21 Å². The number of anilines is 2. The molecule has 3 rings (SSSR count). The molecule has 0 aliphatic rings. The minimum absolute atomic E-state index is 0.0556. The fourth-order valence-electron chi connectivity index (χ4n) is 1.88. The van der Waals surface area contributed by atoms with Gasteiger partial charge in [0.2, 0.25) is 0 Å². The molecule has 0 saturated heterocycles. The number of oxazole rings is 1. The Morgan fingerprint density at radius 2 is 2.10 bits per heavy atom. The van der Waals surface area contributed by atoms with Crippen LogP contribution in [0.4, 0.5) is 11.7 Å². The van der Waals surface area contributed by atoms with Gasteiger partial charge in [-0.05, 0) is 29.8 Å². The molecule has 1 aromatic heterocycles. The highest BCUT2D eigenvalue weighted by atomic mass is 35.5. The SMILES string of the molecule is N=Cc1cc(O)c2nc(Nc3cccc(Cl)c3Cl)oc2c1. The summed E-state index contributed by atoms with van der Waals surface area (Å²) in [6.45, 7) is 0. The molecule has 0 radical (unpaired) electrons. The van der Waals surface area contributed by atoms with Crippen molar-refractivity contribution >= 4 is 52.2 Å². The number of nitrogens with zero attached hydrogens (tertiary/aromatic N) is 1. The maximum atomic E-state index is 9.86. The first-order chi connectivity index (χ1) is 10.1. The zero-order valence-corrected chi connectivity index (χ0v) is 12.0. The fourth-order valence-corrected chi connectivity index (χ4v) is 2.23. The fraction of sp³-hybridized carbons (Fsp3) is 0. The highest BCUT2D eigenvalue weighted by molar-refractivity contribution is 6.43. The summed E-state index contributed by atoms with van der Waals surface area (Å²) in [5.41, 5.74) is 1.74. The third-order valence-corrected chi connectivity index (χ3v) is 3.68. The number of aromatic nitrogens is 1. The summed E-state index contributed by atoms with van der Waals surface area (Å²) in [6, 6.07) is 8.36. The van der Waals surface area contributed by atoms with Crippen molar-refractivity contribution in [1.82, 2.24) is 4.98 Å². The molecular weight excluding hydrogens is 313 g/mol. The molecule has 106 valence electrons. The van der Waals surface area contributed by atoms with Gasteiger partial charge in [0.25, 0.3) is 6.01 Å². The van der Waals surface area contributed by atoms with Crippen LogP contribution in [0.2, 0.25) is 10.0 Å². The van der Waals surface area contributed by atoms with Crippen molar-refractivity contribution < 1.29 is 9.52 Å². The van der Waals surface area contributed by atoms with E-state index >= 15 is 0 Å². The summed E-state index contributed by atoms with van der Waals surface area (Å²) in [5, 5.41) is 20.7. The lowest BCUT2D eigenvalue weighted by Gasteiger charge is -2.04. The van der Waals surface area contributed by atoms with Crippen LogP contribution < -0.4 is 5.32 Å². The highest BCUT2D eigenvalue weighted by Crippen LogP contribution is 2.34. The predicted octanol–water partition coefficient (Wildman–Crippen LogP) is 4.58. The van der Waals surface area contributed by atoms with Gasteiger partial charge in [-0.25, -0.2) is 0 Å². The minimum atomic E-state index is -0.0556. The number of fused-ring (bicyclic) bond motifs is 1. The lowest BCUT2D eigenvalue weighted by atomic mass is 10.2. The first-order valence-corrected chi connectivity index (χ1v) is 6.69. The molecule has 5 nitrogen and oxygen atoms in total. The molecule has 0 saturated carbocycles. The average molecular weight is 322 g/mol. The van der Waals surface area contributed by atoms with Crippen molar-refractivity contribution in [1.29, 1.82) is 5.41 Å². The Morgan fingerprint density at radius 3 is 2.86 bits per heavy atom. The second-order valence-electron chi connectivity index (χ2n) is 4.28. The molecule has 2 aromatic carbocycles.